The number of ketones is 1. The Morgan fingerprint density at radius 3 is 2.29 bits per heavy atom. The Balaban J connectivity index is 0.000000677. The minimum absolute atomic E-state index is 0.0376. The van der Waals surface area contributed by atoms with Crippen LogP contribution in [0.25, 0.3) is 0 Å². The molecule has 0 saturated heterocycles. The number of carbonyl (C=O) groups excluding carboxylic acids is 2. The lowest BCUT2D eigenvalue weighted by Gasteiger charge is -2.02. The molecule has 0 heterocycles. The van der Waals surface area contributed by atoms with Crippen LogP contribution in [0.15, 0.2) is 48.5 Å². The third kappa shape index (κ3) is 4.35. The summed E-state index contributed by atoms with van der Waals surface area (Å²) in [4.78, 5) is 30.8. The molecule has 0 bridgehead atoms. The molecule has 0 aliphatic heterocycles. The standard InChI is InChI=1S/C13H8ClNO3.CHNO/c14-10-6-7-11(12(8-10)15(17)18)13(16)9-4-2-1-3-5-9;2-1-3/h1-8H;2H. The predicted molar refractivity (Wildman–Crippen MR) is 76.4 cm³/mol. The highest BCUT2D eigenvalue weighted by Gasteiger charge is 2.21. The van der Waals surface area contributed by atoms with E-state index < -0.39 is 4.92 Å². The summed E-state index contributed by atoms with van der Waals surface area (Å²) in [5, 5.41) is 16.5. The molecular weight excluding hydrogens is 296 g/mol. The summed E-state index contributed by atoms with van der Waals surface area (Å²) in [6, 6.07) is 12.4. The first kappa shape index (κ1) is 16.2. The van der Waals surface area contributed by atoms with Gasteiger partial charge in [-0.05, 0) is 12.1 Å². The molecule has 0 spiro atoms. The smallest absolute Gasteiger partial charge is 0.282 e. The molecule has 0 aliphatic carbocycles. The number of nitrogens with zero attached hydrogens (tertiary/aromatic N) is 1. The van der Waals surface area contributed by atoms with Gasteiger partial charge in [-0.15, -0.1) is 0 Å². The number of benzene rings is 2. The Morgan fingerprint density at radius 1 is 1.19 bits per heavy atom. The van der Waals surface area contributed by atoms with Crippen LogP contribution in [-0.4, -0.2) is 16.8 Å². The van der Waals surface area contributed by atoms with Crippen molar-refractivity contribution in [1.29, 1.82) is 5.41 Å². The maximum Gasteiger partial charge on any atom is 0.282 e. The van der Waals surface area contributed by atoms with Gasteiger partial charge in [-0.1, -0.05) is 41.9 Å². The molecule has 0 unspecified atom stereocenters. The largest absolute Gasteiger partial charge is 0.288 e. The van der Waals surface area contributed by atoms with Crippen LogP contribution in [0.4, 0.5) is 5.69 Å². The van der Waals surface area contributed by atoms with Gasteiger partial charge in [0.2, 0.25) is 6.08 Å². The van der Waals surface area contributed by atoms with Gasteiger partial charge in [0.25, 0.3) is 5.69 Å². The Hall–Kier alpha value is -2.82. The van der Waals surface area contributed by atoms with E-state index in [1.807, 2.05) is 0 Å². The highest BCUT2D eigenvalue weighted by Crippen LogP contribution is 2.25. The summed E-state index contributed by atoms with van der Waals surface area (Å²) >= 11 is 5.70. The highest BCUT2D eigenvalue weighted by atomic mass is 35.5. The Kier molecular flexibility index (Phi) is 5.95. The fourth-order valence-corrected chi connectivity index (χ4v) is 1.76. The molecule has 0 aliphatic rings. The molecular formula is C14H9ClN2O4. The first-order chi connectivity index (χ1) is 10.0. The van der Waals surface area contributed by atoms with Gasteiger partial charge in [0.1, 0.15) is 5.56 Å². The average Bonchev–Trinajstić information content (AvgIpc) is 2.48. The SMILES string of the molecule is N=C=O.O=C(c1ccccc1)c1ccc(Cl)cc1[N+](=O)[O-]. The summed E-state index contributed by atoms with van der Waals surface area (Å²) in [6.45, 7) is 0. The number of nitrogens with one attached hydrogen (secondary N) is 1. The van der Waals surface area contributed by atoms with Gasteiger partial charge in [-0.3, -0.25) is 14.9 Å². The number of isocyanates is 1. The minimum Gasteiger partial charge on any atom is -0.288 e. The summed E-state index contributed by atoms with van der Waals surface area (Å²) in [7, 11) is 0. The number of halogens is 1. The highest BCUT2D eigenvalue weighted by molar-refractivity contribution is 6.31. The quantitative estimate of drug-likeness (QED) is 0.309. The second-order valence-corrected chi connectivity index (χ2v) is 4.15. The molecule has 7 heteroatoms. The molecule has 1 N–H and O–H groups in total. The van der Waals surface area contributed by atoms with Gasteiger partial charge in [0.05, 0.1) is 4.92 Å². The number of hydrogen-bond acceptors (Lipinski definition) is 5. The number of carbonyl (C=O) groups is 1. The molecule has 0 fully saturated rings. The summed E-state index contributed by atoms with van der Waals surface area (Å²) in [5.74, 6) is -0.390. The molecule has 2 aromatic rings. The molecule has 6 nitrogen and oxygen atoms in total. The van der Waals surface area contributed by atoms with Crippen molar-refractivity contribution in [3.05, 3.63) is 74.8 Å². The van der Waals surface area contributed by atoms with Gasteiger partial charge in [0, 0.05) is 16.7 Å². The van der Waals surface area contributed by atoms with Crippen molar-refractivity contribution in [2.45, 2.75) is 0 Å². The first-order valence-electron chi connectivity index (χ1n) is 5.58. The molecule has 106 valence electrons. The topological polar surface area (TPSA) is 101 Å². The average molecular weight is 305 g/mol. The van der Waals surface area contributed by atoms with Crippen molar-refractivity contribution in [3.8, 4) is 0 Å². The van der Waals surface area contributed by atoms with Crippen LogP contribution in [0.5, 0.6) is 0 Å². The van der Waals surface area contributed by atoms with E-state index in [0.717, 1.165) is 6.08 Å². The number of nitro benzene ring substituents is 1. The van der Waals surface area contributed by atoms with E-state index in [-0.39, 0.29) is 22.1 Å². The van der Waals surface area contributed by atoms with Crippen LogP contribution in [0.2, 0.25) is 5.02 Å². The zero-order valence-corrected chi connectivity index (χ0v) is 11.3. The van der Waals surface area contributed by atoms with Crippen LogP contribution in [0.1, 0.15) is 15.9 Å². The number of hydrogen-bond donors (Lipinski definition) is 1. The fraction of sp³-hybridized carbons (Fsp3) is 0. The monoisotopic (exact) mass is 304 g/mol. The van der Waals surface area contributed by atoms with E-state index >= 15 is 0 Å². The first-order valence-corrected chi connectivity index (χ1v) is 5.96. The van der Waals surface area contributed by atoms with E-state index in [2.05, 4.69) is 0 Å². The summed E-state index contributed by atoms with van der Waals surface area (Å²) < 4.78 is 0. The van der Waals surface area contributed by atoms with E-state index in [1.165, 1.54) is 18.2 Å². The Bertz CT molecular complexity index is 695. The van der Waals surface area contributed by atoms with Crippen molar-refractivity contribution in [2.75, 3.05) is 0 Å². The molecule has 0 radical (unpaired) electrons. The van der Waals surface area contributed by atoms with Crippen molar-refractivity contribution >= 4 is 29.2 Å². The third-order valence-electron chi connectivity index (χ3n) is 2.44. The van der Waals surface area contributed by atoms with Crippen LogP contribution >= 0.6 is 11.6 Å². The molecule has 0 aromatic heterocycles. The van der Waals surface area contributed by atoms with Crippen LogP contribution in [0.3, 0.4) is 0 Å². The van der Waals surface area contributed by atoms with Gasteiger partial charge in [-0.25, -0.2) is 10.2 Å². The van der Waals surface area contributed by atoms with Crippen LogP contribution < -0.4 is 0 Å². The maximum atomic E-state index is 12.1. The summed E-state index contributed by atoms with van der Waals surface area (Å²) in [6.07, 6.45) is 0.750. The van der Waals surface area contributed by atoms with Gasteiger partial charge in [-0.2, -0.15) is 0 Å². The van der Waals surface area contributed by atoms with Gasteiger partial charge < -0.3 is 0 Å². The van der Waals surface area contributed by atoms with Crippen LogP contribution in [0, 0.1) is 15.5 Å². The second-order valence-electron chi connectivity index (χ2n) is 3.72. The van der Waals surface area contributed by atoms with E-state index in [4.69, 9.17) is 21.8 Å². The molecule has 0 saturated carbocycles. The van der Waals surface area contributed by atoms with Gasteiger partial charge >= 0.3 is 0 Å². The third-order valence-corrected chi connectivity index (χ3v) is 2.67. The zero-order valence-electron chi connectivity index (χ0n) is 10.6. The van der Waals surface area contributed by atoms with Crippen LogP contribution in [-0.2, 0) is 4.79 Å². The van der Waals surface area contributed by atoms with E-state index in [9.17, 15) is 14.9 Å². The Morgan fingerprint density at radius 2 is 1.76 bits per heavy atom. The van der Waals surface area contributed by atoms with E-state index in [0.29, 0.717) is 5.56 Å². The lowest BCUT2D eigenvalue weighted by Crippen LogP contribution is -2.05. The predicted octanol–water partition coefficient (Wildman–Crippen LogP) is 3.38. The number of nitro groups is 1. The fourth-order valence-electron chi connectivity index (χ4n) is 1.59. The minimum atomic E-state index is -0.609. The van der Waals surface area contributed by atoms with E-state index in [1.54, 1.807) is 30.3 Å². The normalized spacial score (nSPS) is 9.00. The Labute approximate surface area is 124 Å². The summed E-state index contributed by atoms with van der Waals surface area (Å²) in [5.41, 5.74) is 0.162. The van der Waals surface area contributed by atoms with Crippen molar-refractivity contribution in [3.63, 3.8) is 0 Å². The van der Waals surface area contributed by atoms with Gasteiger partial charge in [0.15, 0.2) is 5.78 Å². The molecule has 0 amide bonds. The molecule has 0 atom stereocenters. The molecule has 2 aromatic carbocycles. The zero-order chi connectivity index (χ0) is 15.8. The molecule has 21 heavy (non-hydrogen) atoms. The maximum absolute atomic E-state index is 12.1. The lowest BCUT2D eigenvalue weighted by atomic mass is 10.0. The van der Waals surface area contributed by atoms with Crippen molar-refractivity contribution in [2.24, 2.45) is 0 Å². The second kappa shape index (κ2) is 7.69. The number of rotatable bonds is 3. The van der Waals surface area contributed by atoms with Crippen molar-refractivity contribution in [1.82, 2.24) is 0 Å². The van der Waals surface area contributed by atoms with Crippen molar-refractivity contribution < 1.29 is 14.5 Å². The molecule has 2 rings (SSSR count). The lowest BCUT2D eigenvalue weighted by molar-refractivity contribution is -0.385.